The summed E-state index contributed by atoms with van der Waals surface area (Å²) in [5.74, 6) is 1.73. The number of carbonyl (C=O) groups is 1. The Morgan fingerprint density at radius 1 is 1.17 bits per heavy atom. The zero-order valence-electron chi connectivity index (χ0n) is 12.7. The molecule has 0 saturated heterocycles. The van der Waals surface area contributed by atoms with Crippen LogP contribution >= 0.6 is 27.3 Å². The van der Waals surface area contributed by atoms with Crippen LogP contribution in [-0.4, -0.2) is 12.6 Å². The highest BCUT2D eigenvalue weighted by molar-refractivity contribution is 9.11. The fourth-order valence-corrected chi connectivity index (χ4v) is 5.28. The van der Waals surface area contributed by atoms with E-state index in [1.165, 1.54) is 4.88 Å². The first kappa shape index (κ1) is 14.5. The van der Waals surface area contributed by atoms with Crippen molar-refractivity contribution in [3.05, 3.63) is 49.8 Å². The van der Waals surface area contributed by atoms with E-state index in [9.17, 15) is 4.79 Å². The normalized spacial score (nSPS) is 21.4. The van der Waals surface area contributed by atoms with Gasteiger partial charge in [-0.05, 0) is 52.5 Å². The third-order valence-electron chi connectivity index (χ3n) is 4.76. The van der Waals surface area contributed by atoms with E-state index in [0.717, 1.165) is 50.6 Å². The largest absolute Gasteiger partial charge is 0.454 e. The van der Waals surface area contributed by atoms with E-state index in [0.29, 0.717) is 6.42 Å². The van der Waals surface area contributed by atoms with Gasteiger partial charge in [-0.15, -0.1) is 11.3 Å². The van der Waals surface area contributed by atoms with Crippen LogP contribution in [0.1, 0.15) is 35.6 Å². The Hall–Kier alpha value is -1.79. The van der Waals surface area contributed by atoms with Crippen LogP contribution in [-0.2, 0) is 4.79 Å². The van der Waals surface area contributed by atoms with E-state index in [1.807, 2.05) is 18.2 Å². The molecule has 1 aromatic carbocycles. The van der Waals surface area contributed by atoms with Crippen molar-refractivity contribution in [2.75, 3.05) is 12.1 Å². The Kier molecular flexibility index (Phi) is 3.25. The molecule has 1 aliphatic carbocycles. The number of ether oxygens (including phenoxy) is 2. The van der Waals surface area contributed by atoms with Crippen molar-refractivity contribution in [1.29, 1.82) is 0 Å². The van der Waals surface area contributed by atoms with Crippen molar-refractivity contribution in [3.63, 3.8) is 0 Å². The fourth-order valence-electron chi connectivity index (χ4n) is 3.73. The van der Waals surface area contributed by atoms with Gasteiger partial charge in [-0.3, -0.25) is 4.79 Å². The topological polar surface area (TPSA) is 47.6 Å². The molecule has 5 rings (SSSR count). The molecule has 2 aromatic rings. The number of nitrogens with one attached hydrogen (secondary N) is 1. The molecule has 122 valence electrons. The summed E-state index contributed by atoms with van der Waals surface area (Å²) in [6.07, 6.45) is 2.45. The molecule has 0 spiro atoms. The maximum absolute atomic E-state index is 12.7. The lowest BCUT2D eigenvalue weighted by Gasteiger charge is -2.33. The van der Waals surface area contributed by atoms with Gasteiger partial charge in [-0.1, -0.05) is 0 Å². The lowest BCUT2D eigenvalue weighted by atomic mass is 9.78. The maximum atomic E-state index is 12.7. The van der Waals surface area contributed by atoms with Crippen LogP contribution in [0, 0.1) is 0 Å². The molecule has 0 bridgehead atoms. The number of Topliss-reactive ketones (excluding diaryl/α,β-unsaturated/α-hetero) is 1. The summed E-state index contributed by atoms with van der Waals surface area (Å²) in [7, 11) is 0. The average Bonchev–Trinajstić information content (AvgIpc) is 3.19. The van der Waals surface area contributed by atoms with Crippen molar-refractivity contribution in [2.24, 2.45) is 0 Å². The molecule has 24 heavy (non-hydrogen) atoms. The first-order valence-electron chi connectivity index (χ1n) is 7.93. The van der Waals surface area contributed by atoms with Crippen molar-refractivity contribution >= 4 is 38.7 Å². The molecule has 1 atom stereocenters. The smallest absolute Gasteiger partial charge is 0.231 e. The van der Waals surface area contributed by atoms with Crippen molar-refractivity contribution in [1.82, 2.24) is 0 Å². The van der Waals surface area contributed by atoms with Crippen LogP contribution < -0.4 is 14.8 Å². The van der Waals surface area contributed by atoms with E-state index in [-0.39, 0.29) is 18.5 Å². The van der Waals surface area contributed by atoms with Crippen molar-refractivity contribution < 1.29 is 14.3 Å². The van der Waals surface area contributed by atoms with Gasteiger partial charge >= 0.3 is 0 Å². The average molecular weight is 404 g/mol. The molecule has 0 amide bonds. The summed E-state index contributed by atoms with van der Waals surface area (Å²) in [6, 6.07) is 8.17. The highest BCUT2D eigenvalue weighted by Crippen LogP contribution is 2.50. The second-order valence-corrected chi connectivity index (χ2v) is 8.66. The van der Waals surface area contributed by atoms with Gasteiger partial charge in [-0.2, -0.15) is 0 Å². The molecule has 4 nitrogen and oxygen atoms in total. The van der Waals surface area contributed by atoms with Gasteiger partial charge in [0.25, 0.3) is 0 Å². The van der Waals surface area contributed by atoms with Crippen molar-refractivity contribution in [3.8, 4) is 11.5 Å². The Bertz CT molecular complexity index is 902. The lowest BCUT2D eigenvalue weighted by molar-refractivity contribution is -0.116. The molecule has 0 fully saturated rings. The Balaban J connectivity index is 1.74. The third-order valence-corrected chi connectivity index (χ3v) is 6.45. The number of benzene rings is 1. The quantitative estimate of drug-likeness (QED) is 0.742. The molecule has 0 unspecified atom stereocenters. The third kappa shape index (κ3) is 2.13. The van der Waals surface area contributed by atoms with E-state index >= 15 is 0 Å². The second-order valence-electron chi connectivity index (χ2n) is 6.16. The standard InChI is InChI=1S/C18H14BrNO3S/c19-16-5-4-15(24-16)17-9-6-13-14(23-8-22-13)7-11(9)20-10-2-1-3-12(21)18(10)17/h4-7,17,20H,1-3,8H2/t17-/m1/s1. The van der Waals surface area contributed by atoms with Crippen LogP contribution in [0.3, 0.4) is 0 Å². The summed E-state index contributed by atoms with van der Waals surface area (Å²) < 4.78 is 12.1. The second kappa shape index (κ2) is 5.36. The number of fused-ring (bicyclic) bond motifs is 2. The highest BCUT2D eigenvalue weighted by atomic mass is 79.9. The lowest BCUT2D eigenvalue weighted by Crippen LogP contribution is -2.26. The number of ketones is 1. The number of carbonyl (C=O) groups excluding carboxylic acids is 1. The van der Waals surface area contributed by atoms with E-state index in [4.69, 9.17) is 9.47 Å². The summed E-state index contributed by atoms with van der Waals surface area (Å²) in [6.45, 7) is 0.250. The van der Waals surface area contributed by atoms with Crippen LogP contribution in [0.25, 0.3) is 0 Å². The van der Waals surface area contributed by atoms with E-state index in [2.05, 4.69) is 27.3 Å². The minimum atomic E-state index is -0.0325. The first-order chi connectivity index (χ1) is 11.7. The molecule has 6 heteroatoms. The van der Waals surface area contributed by atoms with Gasteiger partial charge in [0.05, 0.1) is 9.70 Å². The van der Waals surface area contributed by atoms with Crippen LogP contribution in [0.15, 0.2) is 39.3 Å². The molecule has 0 radical (unpaired) electrons. The number of hydrogen-bond donors (Lipinski definition) is 1. The number of anilines is 1. The summed E-state index contributed by atoms with van der Waals surface area (Å²) >= 11 is 5.23. The van der Waals surface area contributed by atoms with Gasteiger partial charge in [0, 0.05) is 34.3 Å². The number of rotatable bonds is 1. The number of thiophene rings is 1. The summed E-state index contributed by atoms with van der Waals surface area (Å²) in [4.78, 5) is 13.9. The number of halogens is 1. The molecule has 2 aliphatic heterocycles. The summed E-state index contributed by atoms with van der Waals surface area (Å²) in [5.41, 5.74) is 4.08. The van der Waals surface area contributed by atoms with Gasteiger partial charge in [-0.25, -0.2) is 0 Å². The molecule has 3 aliphatic rings. The SMILES string of the molecule is O=C1CCCC2=C1[C@@H](c1ccc(Br)s1)c1cc3c(cc1N2)OCO3. The van der Waals surface area contributed by atoms with Crippen LogP contribution in [0.2, 0.25) is 0 Å². The Labute approximate surface area is 151 Å². The maximum Gasteiger partial charge on any atom is 0.231 e. The molecular weight excluding hydrogens is 390 g/mol. The van der Waals surface area contributed by atoms with E-state index < -0.39 is 0 Å². The van der Waals surface area contributed by atoms with Gasteiger partial charge in [0.15, 0.2) is 17.3 Å². The molecular formula is C18H14BrNO3S. The minimum Gasteiger partial charge on any atom is -0.454 e. The Morgan fingerprint density at radius 3 is 2.79 bits per heavy atom. The van der Waals surface area contributed by atoms with Crippen molar-refractivity contribution in [2.45, 2.75) is 25.2 Å². The predicted molar refractivity (Wildman–Crippen MR) is 95.9 cm³/mol. The highest BCUT2D eigenvalue weighted by Gasteiger charge is 2.37. The van der Waals surface area contributed by atoms with Crippen LogP contribution in [0.5, 0.6) is 11.5 Å². The minimum absolute atomic E-state index is 0.0325. The molecule has 0 saturated carbocycles. The van der Waals surface area contributed by atoms with Gasteiger partial charge in [0.2, 0.25) is 6.79 Å². The monoisotopic (exact) mass is 403 g/mol. The van der Waals surface area contributed by atoms with Gasteiger partial charge < -0.3 is 14.8 Å². The molecule has 1 aromatic heterocycles. The fraction of sp³-hybridized carbons (Fsp3) is 0.278. The number of hydrogen-bond acceptors (Lipinski definition) is 5. The Morgan fingerprint density at radius 2 is 2.00 bits per heavy atom. The predicted octanol–water partition coefficient (Wildman–Crippen LogP) is 4.80. The summed E-state index contributed by atoms with van der Waals surface area (Å²) in [5, 5.41) is 3.48. The number of allylic oxidation sites excluding steroid dienone is 2. The van der Waals surface area contributed by atoms with Gasteiger partial charge in [0.1, 0.15) is 0 Å². The molecule has 3 heterocycles. The zero-order chi connectivity index (χ0) is 16.3. The zero-order valence-corrected chi connectivity index (χ0v) is 15.1. The van der Waals surface area contributed by atoms with Crippen LogP contribution in [0.4, 0.5) is 5.69 Å². The first-order valence-corrected chi connectivity index (χ1v) is 9.53. The molecule has 1 N–H and O–H groups in total. The van der Waals surface area contributed by atoms with E-state index in [1.54, 1.807) is 11.3 Å².